The molecule has 0 unspecified atom stereocenters. The predicted octanol–water partition coefficient (Wildman–Crippen LogP) is 1.15. The first-order valence-corrected chi connectivity index (χ1v) is 5.38. The highest BCUT2D eigenvalue weighted by atomic mass is 16.5. The maximum atomic E-state index is 11.6. The molecule has 1 aromatic carbocycles. The Morgan fingerprint density at radius 2 is 2.06 bits per heavy atom. The monoisotopic (exact) mass is 231 g/mol. The zero-order valence-corrected chi connectivity index (χ0v) is 9.96. The Morgan fingerprint density at radius 3 is 2.71 bits per heavy atom. The van der Waals surface area contributed by atoms with Crippen molar-refractivity contribution < 1.29 is 14.1 Å². The van der Waals surface area contributed by atoms with Crippen molar-refractivity contribution in [1.82, 2.24) is 4.57 Å². The average Bonchev–Trinajstić information content (AvgIpc) is 2.70. The van der Waals surface area contributed by atoms with E-state index in [1.807, 2.05) is 52.8 Å². The summed E-state index contributed by atoms with van der Waals surface area (Å²) in [6.45, 7) is 0.659. The Kier molecular flexibility index (Phi) is 3.23. The lowest BCUT2D eigenvalue weighted by atomic mass is 10.2. The van der Waals surface area contributed by atoms with Gasteiger partial charge in [-0.15, -0.1) is 0 Å². The van der Waals surface area contributed by atoms with Gasteiger partial charge in [-0.3, -0.25) is 0 Å². The molecule has 0 bridgehead atoms. The molecule has 0 N–H and O–H groups in total. The lowest BCUT2D eigenvalue weighted by Gasteiger charge is -2.00. The third kappa shape index (κ3) is 2.53. The molecule has 0 atom stereocenters. The number of aromatic nitrogens is 2. The average molecular weight is 231 g/mol. The minimum atomic E-state index is -0.318. The van der Waals surface area contributed by atoms with E-state index in [4.69, 9.17) is 4.74 Å². The van der Waals surface area contributed by atoms with E-state index in [0.717, 1.165) is 5.56 Å². The van der Waals surface area contributed by atoms with Crippen LogP contribution in [-0.2, 0) is 18.3 Å². The van der Waals surface area contributed by atoms with Gasteiger partial charge in [-0.25, -0.2) is 13.9 Å². The molecule has 0 fully saturated rings. The van der Waals surface area contributed by atoms with E-state index in [9.17, 15) is 4.79 Å². The summed E-state index contributed by atoms with van der Waals surface area (Å²) in [6, 6.07) is 10.00. The van der Waals surface area contributed by atoms with Crippen molar-refractivity contribution in [2.45, 2.75) is 6.54 Å². The SMILES string of the molecule is COC(=O)c1c[n+](C)cn1Cc1ccccc1. The summed E-state index contributed by atoms with van der Waals surface area (Å²) in [5.74, 6) is -0.318. The standard InChI is InChI=1S/C13H15N2O2/c1-14-9-12(13(16)17-2)15(10-14)8-11-6-4-3-5-7-11/h3-7,9-10H,8H2,1-2H3/q+1. The van der Waals surface area contributed by atoms with Crippen LogP contribution in [0.3, 0.4) is 0 Å². The summed E-state index contributed by atoms with van der Waals surface area (Å²) < 4.78 is 8.47. The van der Waals surface area contributed by atoms with Crippen molar-refractivity contribution >= 4 is 5.97 Å². The number of aryl methyl sites for hydroxylation is 1. The molecule has 1 heterocycles. The number of nitrogens with zero attached hydrogens (tertiary/aromatic N) is 2. The van der Waals surface area contributed by atoms with Crippen LogP contribution in [0.2, 0.25) is 0 Å². The molecule has 0 aliphatic carbocycles. The fraction of sp³-hybridized carbons (Fsp3) is 0.231. The molecule has 17 heavy (non-hydrogen) atoms. The Morgan fingerprint density at radius 1 is 1.35 bits per heavy atom. The molecule has 1 aromatic heterocycles. The zero-order valence-electron chi connectivity index (χ0n) is 9.96. The summed E-state index contributed by atoms with van der Waals surface area (Å²) in [7, 11) is 3.27. The van der Waals surface area contributed by atoms with Crippen LogP contribution in [0.25, 0.3) is 0 Å². The highest BCUT2D eigenvalue weighted by molar-refractivity contribution is 5.86. The first-order chi connectivity index (χ1) is 8.20. The van der Waals surface area contributed by atoms with Crippen molar-refractivity contribution in [1.29, 1.82) is 0 Å². The highest BCUT2D eigenvalue weighted by Gasteiger charge is 2.20. The van der Waals surface area contributed by atoms with Crippen molar-refractivity contribution in [3.05, 3.63) is 54.1 Å². The molecule has 2 rings (SSSR count). The van der Waals surface area contributed by atoms with Gasteiger partial charge in [-0.2, -0.15) is 0 Å². The number of methoxy groups -OCH3 is 1. The van der Waals surface area contributed by atoms with Gasteiger partial charge in [0.05, 0.1) is 14.2 Å². The second-order valence-electron chi connectivity index (χ2n) is 3.90. The van der Waals surface area contributed by atoms with E-state index in [2.05, 4.69) is 0 Å². The van der Waals surface area contributed by atoms with E-state index in [0.29, 0.717) is 12.2 Å². The Labute approximate surface area is 100 Å². The molecule has 0 spiro atoms. The maximum Gasteiger partial charge on any atom is 0.382 e. The minimum Gasteiger partial charge on any atom is -0.463 e. The van der Waals surface area contributed by atoms with Gasteiger partial charge < -0.3 is 4.74 Å². The van der Waals surface area contributed by atoms with E-state index in [1.165, 1.54) is 7.11 Å². The summed E-state index contributed by atoms with van der Waals surface area (Å²) in [5.41, 5.74) is 1.70. The molecular weight excluding hydrogens is 216 g/mol. The Balaban J connectivity index is 2.30. The second-order valence-corrected chi connectivity index (χ2v) is 3.90. The third-order valence-electron chi connectivity index (χ3n) is 2.55. The normalized spacial score (nSPS) is 10.2. The number of imidazole rings is 1. The molecule has 88 valence electrons. The highest BCUT2D eigenvalue weighted by Crippen LogP contribution is 2.06. The molecule has 0 saturated carbocycles. The minimum absolute atomic E-state index is 0.318. The summed E-state index contributed by atoms with van der Waals surface area (Å²) >= 11 is 0. The fourth-order valence-corrected chi connectivity index (χ4v) is 1.76. The summed E-state index contributed by atoms with van der Waals surface area (Å²) in [6.07, 6.45) is 3.63. The second kappa shape index (κ2) is 4.82. The number of hydrogen-bond acceptors (Lipinski definition) is 2. The van der Waals surface area contributed by atoms with Gasteiger partial charge in [0.2, 0.25) is 6.33 Å². The van der Waals surface area contributed by atoms with E-state index >= 15 is 0 Å². The van der Waals surface area contributed by atoms with Crippen molar-refractivity contribution in [3.63, 3.8) is 0 Å². The van der Waals surface area contributed by atoms with E-state index in [-0.39, 0.29) is 5.97 Å². The van der Waals surface area contributed by atoms with Gasteiger partial charge in [0.15, 0.2) is 0 Å². The molecule has 0 amide bonds. The largest absolute Gasteiger partial charge is 0.463 e. The molecule has 0 aliphatic rings. The van der Waals surface area contributed by atoms with Crippen molar-refractivity contribution in [2.75, 3.05) is 7.11 Å². The molecule has 0 saturated heterocycles. The van der Waals surface area contributed by atoms with Crippen LogP contribution in [0.4, 0.5) is 0 Å². The van der Waals surface area contributed by atoms with Crippen LogP contribution in [0.5, 0.6) is 0 Å². The van der Waals surface area contributed by atoms with Gasteiger partial charge in [0, 0.05) is 0 Å². The summed E-state index contributed by atoms with van der Waals surface area (Å²) in [4.78, 5) is 11.6. The Hall–Kier alpha value is -2.10. The van der Waals surface area contributed by atoms with Gasteiger partial charge in [0.25, 0.3) is 5.69 Å². The van der Waals surface area contributed by atoms with Gasteiger partial charge in [0.1, 0.15) is 12.7 Å². The first-order valence-electron chi connectivity index (χ1n) is 5.38. The number of rotatable bonds is 3. The summed E-state index contributed by atoms with van der Waals surface area (Å²) in [5, 5.41) is 0. The lowest BCUT2D eigenvalue weighted by Crippen LogP contribution is -2.24. The van der Waals surface area contributed by atoms with Crippen molar-refractivity contribution in [3.8, 4) is 0 Å². The van der Waals surface area contributed by atoms with Crippen LogP contribution in [0.1, 0.15) is 16.1 Å². The smallest absolute Gasteiger partial charge is 0.382 e. The van der Waals surface area contributed by atoms with Crippen LogP contribution in [-0.4, -0.2) is 17.6 Å². The molecule has 4 nitrogen and oxygen atoms in total. The van der Waals surface area contributed by atoms with Crippen LogP contribution in [0, 0.1) is 0 Å². The lowest BCUT2D eigenvalue weighted by molar-refractivity contribution is -0.671. The zero-order chi connectivity index (χ0) is 12.3. The molecule has 4 heteroatoms. The number of carbonyl (C=O) groups excluding carboxylic acids is 1. The van der Waals surface area contributed by atoms with Crippen LogP contribution < -0.4 is 4.57 Å². The van der Waals surface area contributed by atoms with Crippen LogP contribution in [0.15, 0.2) is 42.9 Å². The number of benzene rings is 1. The fourth-order valence-electron chi connectivity index (χ4n) is 1.76. The Bertz CT molecular complexity index is 517. The van der Waals surface area contributed by atoms with Gasteiger partial charge in [-0.05, 0) is 5.56 Å². The third-order valence-corrected chi connectivity index (χ3v) is 2.55. The molecule has 2 aromatic rings. The maximum absolute atomic E-state index is 11.6. The quantitative estimate of drug-likeness (QED) is 0.586. The van der Waals surface area contributed by atoms with Gasteiger partial charge >= 0.3 is 5.97 Å². The van der Waals surface area contributed by atoms with Gasteiger partial charge in [-0.1, -0.05) is 30.3 Å². The molecule has 0 radical (unpaired) electrons. The first kappa shape index (κ1) is 11.4. The number of hydrogen-bond donors (Lipinski definition) is 0. The number of carbonyl (C=O) groups is 1. The topological polar surface area (TPSA) is 35.1 Å². The van der Waals surface area contributed by atoms with E-state index in [1.54, 1.807) is 6.20 Å². The number of ether oxygens (including phenoxy) is 1. The van der Waals surface area contributed by atoms with Crippen LogP contribution >= 0.6 is 0 Å². The number of esters is 1. The molecule has 0 aliphatic heterocycles. The predicted molar refractivity (Wildman–Crippen MR) is 62.5 cm³/mol. The van der Waals surface area contributed by atoms with E-state index < -0.39 is 0 Å². The molecular formula is C13H15N2O2+. The van der Waals surface area contributed by atoms with Crippen molar-refractivity contribution in [2.24, 2.45) is 7.05 Å².